The molecule has 2 aliphatic rings. The van der Waals surface area contributed by atoms with Crippen LogP contribution >= 0.6 is 0 Å². The molecule has 1 heterocycles. The van der Waals surface area contributed by atoms with Gasteiger partial charge in [-0.3, -0.25) is 0 Å². The highest BCUT2D eigenvalue weighted by Gasteiger charge is 2.28. The second-order valence-corrected chi connectivity index (χ2v) is 17.0. The summed E-state index contributed by atoms with van der Waals surface area (Å²) in [6, 6.07) is 45.6. The summed E-state index contributed by atoms with van der Waals surface area (Å²) in [4.78, 5) is 2.42. The van der Waals surface area contributed by atoms with Crippen molar-refractivity contribution in [2.24, 2.45) is 11.3 Å². The van der Waals surface area contributed by atoms with E-state index in [1.807, 2.05) is 0 Å². The molecule has 8 rings (SSSR count). The number of para-hydroxylation sites is 1. The van der Waals surface area contributed by atoms with Gasteiger partial charge >= 0.3 is 0 Å². The lowest BCUT2D eigenvalue weighted by Crippen LogP contribution is -2.20. The number of allylic oxidation sites excluding steroid dienone is 5. The first-order chi connectivity index (χ1) is 26.1. The van der Waals surface area contributed by atoms with Gasteiger partial charge in [-0.2, -0.15) is 0 Å². The smallest absolute Gasteiger partial charge is 0.0538 e. The molecule has 0 bridgehead atoms. The van der Waals surface area contributed by atoms with E-state index in [2.05, 4.69) is 203 Å². The van der Waals surface area contributed by atoms with Crippen molar-refractivity contribution in [1.82, 2.24) is 4.57 Å². The van der Waals surface area contributed by atoms with Gasteiger partial charge in [0.15, 0.2) is 0 Å². The number of hydrogen-bond donors (Lipinski definition) is 0. The third kappa shape index (κ3) is 7.15. The molecule has 5 aromatic carbocycles. The molecule has 272 valence electrons. The number of fused-ring (bicyclic) bond motifs is 3. The Morgan fingerprint density at radius 1 is 0.778 bits per heavy atom. The van der Waals surface area contributed by atoms with E-state index in [4.69, 9.17) is 0 Å². The quantitative estimate of drug-likeness (QED) is 0.145. The van der Waals surface area contributed by atoms with Gasteiger partial charge in [0.25, 0.3) is 0 Å². The highest BCUT2D eigenvalue weighted by atomic mass is 15.1. The predicted octanol–water partition coefficient (Wildman–Crippen LogP) is 14.5. The fraction of sp³-hybridized carbons (Fsp3) is 0.269. The summed E-state index contributed by atoms with van der Waals surface area (Å²) in [6.45, 7) is 14.0. The van der Waals surface area contributed by atoms with Gasteiger partial charge < -0.3 is 9.47 Å². The second kappa shape index (κ2) is 14.8. The molecule has 0 saturated carbocycles. The lowest BCUT2D eigenvalue weighted by Gasteiger charge is -2.32. The first-order valence-corrected chi connectivity index (χ1v) is 20.0. The summed E-state index contributed by atoms with van der Waals surface area (Å²) in [5.74, 6) is 1.49. The standard InChI is InChI=1S/C52H54N2/c1-36(2)33-49(52(4,5)6)40-21-19-38(20-22-40)41-25-31-50-47(34-41)48-35-42(26-32-51(48)54(50)46-27-17-37(3)18-28-46)39-23-29-45(30-24-39)53(43-13-9-7-10-14-43)44-15-11-8-12-16-44/h7-11,13-15,17-32,34,36,42,49H,12,16,33,35H2,1-6H3. The maximum atomic E-state index is 2.47. The minimum absolute atomic E-state index is 0.221. The maximum Gasteiger partial charge on any atom is 0.0538 e. The Kier molecular flexibility index (Phi) is 9.80. The van der Waals surface area contributed by atoms with E-state index in [0.717, 1.165) is 19.3 Å². The van der Waals surface area contributed by atoms with Gasteiger partial charge in [0.05, 0.1) is 5.52 Å². The molecule has 2 heteroatoms. The minimum Gasteiger partial charge on any atom is -0.314 e. The summed E-state index contributed by atoms with van der Waals surface area (Å²) < 4.78 is 2.47. The first-order valence-electron chi connectivity index (χ1n) is 20.0. The van der Waals surface area contributed by atoms with Crippen LogP contribution in [0.4, 0.5) is 11.4 Å². The monoisotopic (exact) mass is 706 g/mol. The van der Waals surface area contributed by atoms with Crippen molar-refractivity contribution in [2.75, 3.05) is 4.90 Å². The average molecular weight is 707 g/mol. The van der Waals surface area contributed by atoms with Crippen LogP contribution in [0.2, 0.25) is 0 Å². The number of hydrogen-bond acceptors (Lipinski definition) is 1. The Morgan fingerprint density at radius 3 is 2.15 bits per heavy atom. The molecule has 1 aromatic heterocycles. The van der Waals surface area contributed by atoms with Crippen LogP contribution in [0.25, 0.3) is 33.8 Å². The lowest BCUT2D eigenvalue weighted by molar-refractivity contribution is 0.280. The summed E-state index contributed by atoms with van der Waals surface area (Å²) in [6.07, 6.45) is 15.8. The molecule has 54 heavy (non-hydrogen) atoms. The van der Waals surface area contributed by atoms with E-state index >= 15 is 0 Å². The van der Waals surface area contributed by atoms with Gasteiger partial charge in [-0.1, -0.05) is 131 Å². The molecule has 0 radical (unpaired) electrons. The molecular formula is C52H54N2. The summed E-state index contributed by atoms with van der Waals surface area (Å²) in [5, 5.41) is 1.35. The van der Waals surface area contributed by atoms with Crippen molar-refractivity contribution in [2.45, 2.75) is 79.1 Å². The Hall–Kier alpha value is -5.34. The van der Waals surface area contributed by atoms with E-state index in [1.54, 1.807) is 0 Å². The zero-order valence-corrected chi connectivity index (χ0v) is 32.9. The topological polar surface area (TPSA) is 8.17 Å². The molecule has 2 nitrogen and oxygen atoms in total. The normalized spacial score (nSPS) is 16.1. The number of benzene rings is 5. The summed E-state index contributed by atoms with van der Waals surface area (Å²) in [5.41, 5.74) is 15.8. The van der Waals surface area contributed by atoms with Crippen LogP contribution in [-0.2, 0) is 6.42 Å². The van der Waals surface area contributed by atoms with Gasteiger partial charge in [-0.05, 0) is 138 Å². The summed E-state index contributed by atoms with van der Waals surface area (Å²) in [7, 11) is 0. The highest BCUT2D eigenvalue weighted by molar-refractivity contribution is 5.94. The Bertz CT molecular complexity index is 2320. The minimum atomic E-state index is 0.221. The van der Waals surface area contributed by atoms with Crippen LogP contribution in [0.5, 0.6) is 0 Å². The zero-order valence-electron chi connectivity index (χ0n) is 32.9. The van der Waals surface area contributed by atoms with Crippen LogP contribution in [0, 0.1) is 18.3 Å². The zero-order chi connectivity index (χ0) is 37.4. The molecule has 0 fully saturated rings. The molecule has 0 spiro atoms. The second-order valence-electron chi connectivity index (χ2n) is 17.0. The van der Waals surface area contributed by atoms with Gasteiger partial charge in [-0.25, -0.2) is 0 Å². The molecule has 0 N–H and O–H groups in total. The van der Waals surface area contributed by atoms with Crippen LogP contribution in [0.1, 0.15) is 93.7 Å². The van der Waals surface area contributed by atoms with Crippen LogP contribution in [-0.4, -0.2) is 4.57 Å². The molecule has 2 aliphatic carbocycles. The van der Waals surface area contributed by atoms with Gasteiger partial charge in [0.2, 0.25) is 0 Å². The van der Waals surface area contributed by atoms with E-state index < -0.39 is 0 Å². The molecule has 0 saturated heterocycles. The van der Waals surface area contributed by atoms with Crippen LogP contribution < -0.4 is 4.90 Å². The Balaban J connectivity index is 1.15. The van der Waals surface area contributed by atoms with E-state index in [0.29, 0.717) is 17.8 Å². The van der Waals surface area contributed by atoms with E-state index in [-0.39, 0.29) is 5.41 Å². The SMILES string of the molecule is Cc1ccc(-n2c3c(c4cc(-c5ccc(C(CC(C)C)C(C)(C)C)cc5)ccc42)CC(c2ccc(N(C4=CC=CCC4)c4ccccc4)cc2)C=C3)cc1. The highest BCUT2D eigenvalue weighted by Crippen LogP contribution is 2.43. The van der Waals surface area contributed by atoms with Gasteiger partial charge in [-0.15, -0.1) is 0 Å². The van der Waals surface area contributed by atoms with Gasteiger partial charge in [0, 0.05) is 39.8 Å². The largest absolute Gasteiger partial charge is 0.314 e. The van der Waals surface area contributed by atoms with Crippen molar-refractivity contribution in [3.63, 3.8) is 0 Å². The Morgan fingerprint density at radius 2 is 1.48 bits per heavy atom. The lowest BCUT2D eigenvalue weighted by atomic mass is 9.72. The number of rotatable bonds is 9. The number of aryl methyl sites for hydroxylation is 1. The van der Waals surface area contributed by atoms with Crippen molar-refractivity contribution in [3.8, 4) is 16.8 Å². The predicted molar refractivity (Wildman–Crippen MR) is 232 cm³/mol. The third-order valence-electron chi connectivity index (χ3n) is 11.6. The maximum absolute atomic E-state index is 2.47. The van der Waals surface area contributed by atoms with Crippen molar-refractivity contribution >= 4 is 28.4 Å². The number of aromatic nitrogens is 1. The summed E-state index contributed by atoms with van der Waals surface area (Å²) >= 11 is 0. The fourth-order valence-electron chi connectivity index (χ4n) is 8.71. The van der Waals surface area contributed by atoms with Crippen molar-refractivity contribution < 1.29 is 0 Å². The molecule has 6 aromatic rings. The van der Waals surface area contributed by atoms with Gasteiger partial charge in [0.1, 0.15) is 0 Å². The first kappa shape index (κ1) is 35.7. The van der Waals surface area contributed by atoms with E-state index in [1.165, 1.54) is 79.2 Å². The number of anilines is 2. The fourth-order valence-corrected chi connectivity index (χ4v) is 8.71. The van der Waals surface area contributed by atoms with Crippen LogP contribution in [0.3, 0.4) is 0 Å². The Labute approximate surface area is 323 Å². The molecule has 2 unspecified atom stereocenters. The molecule has 0 amide bonds. The van der Waals surface area contributed by atoms with E-state index in [9.17, 15) is 0 Å². The van der Waals surface area contributed by atoms with Crippen molar-refractivity contribution in [3.05, 3.63) is 179 Å². The molecular weight excluding hydrogens is 653 g/mol. The number of nitrogens with zero attached hydrogens (tertiary/aromatic N) is 2. The molecule has 2 atom stereocenters. The third-order valence-corrected chi connectivity index (χ3v) is 11.6. The van der Waals surface area contributed by atoms with Crippen molar-refractivity contribution in [1.29, 1.82) is 0 Å². The molecule has 0 aliphatic heterocycles. The average Bonchev–Trinajstić information content (AvgIpc) is 3.51. The van der Waals surface area contributed by atoms with Crippen LogP contribution in [0.15, 0.2) is 151 Å².